The van der Waals surface area contributed by atoms with Crippen LogP contribution < -0.4 is 15.4 Å². The Morgan fingerprint density at radius 3 is 2.74 bits per heavy atom. The number of carbonyl (C=O) groups excluding carboxylic acids is 1. The van der Waals surface area contributed by atoms with Crippen LogP contribution in [0.1, 0.15) is 18.4 Å². The van der Waals surface area contributed by atoms with Gasteiger partial charge in [-0.15, -0.1) is 0 Å². The lowest BCUT2D eigenvalue weighted by molar-refractivity contribution is -0.0529. The van der Waals surface area contributed by atoms with Gasteiger partial charge in [-0.3, -0.25) is 0 Å². The van der Waals surface area contributed by atoms with Gasteiger partial charge in [0.25, 0.3) is 5.92 Å². The molecule has 2 N–H and O–H groups in total. The lowest BCUT2D eigenvalue weighted by atomic mass is 10.1. The van der Waals surface area contributed by atoms with E-state index in [0.717, 1.165) is 0 Å². The molecule has 1 aromatic rings. The third kappa shape index (κ3) is 3.48. The number of nitrogens with one attached hydrogen (secondary N) is 2. The Labute approximate surface area is 129 Å². The molecule has 1 heterocycles. The Morgan fingerprint density at radius 2 is 2.09 bits per heavy atom. The zero-order valence-electron chi connectivity index (χ0n) is 11.9. The van der Waals surface area contributed by atoms with Crippen LogP contribution in [0.4, 0.5) is 22.4 Å². The van der Waals surface area contributed by atoms with Crippen LogP contribution in [0.3, 0.4) is 0 Å². The maximum Gasteiger partial charge on any atom is 0.388 e. The number of rotatable bonds is 5. The van der Waals surface area contributed by atoms with Crippen molar-refractivity contribution in [1.29, 1.82) is 0 Å². The first-order valence-electron chi connectivity index (χ1n) is 7.18. The normalized spacial score (nSPS) is 27.4. The molecule has 2 unspecified atom stereocenters. The predicted molar refractivity (Wildman–Crippen MR) is 71.2 cm³/mol. The van der Waals surface area contributed by atoms with Crippen molar-refractivity contribution in [2.75, 3.05) is 0 Å². The van der Waals surface area contributed by atoms with Gasteiger partial charge in [-0.2, -0.15) is 8.78 Å². The summed E-state index contributed by atoms with van der Waals surface area (Å²) in [4.78, 5) is 15.4. The molecule has 0 spiro atoms. The molecule has 0 radical (unpaired) electrons. The minimum absolute atomic E-state index is 0.0870. The molecule has 9 heteroatoms. The van der Waals surface area contributed by atoms with Gasteiger partial charge >= 0.3 is 12.6 Å². The molecule has 23 heavy (non-hydrogen) atoms. The zero-order chi connectivity index (χ0) is 16.6. The predicted octanol–water partition coefficient (Wildman–Crippen LogP) is 2.53. The summed E-state index contributed by atoms with van der Waals surface area (Å²) < 4.78 is 54.4. The number of pyridine rings is 1. The van der Waals surface area contributed by atoms with Crippen LogP contribution in [0, 0.1) is 11.8 Å². The number of hydrogen-bond acceptors (Lipinski definition) is 3. The molecular weight excluding hydrogens is 318 g/mol. The van der Waals surface area contributed by atoms with Crippen LogP contribution >= 0.6 is 0 Å². The lowest BCUT2D eigenvalue weighted by Gasteiger charge is -2.16. The average molecular weight is 333 g/mol. The second-order valence-electron chi connectivity index (χ2n) is 5.76. The third-order valence-corrected chi connectivity index (χ3v) is 4.24. The fourth-order valence-corrected chi connectivity index (χ4v) is 3.07. The first-order valence-corrected chi connectivity index (χ1v) is 7.18. The van der Waals surface area contributed by atoms with Crippen LogP contribution in [0.15, 0.2) is 18.3 Å². The lowest BCUT2D eigenvalue weighted by Crippen LogP contribution is -2.41. The smallest absolute Gasteiger partial charge is 0.388 e. The Bertz CT molecular complexity index is 585. The molecule has 3 rings (SSSR count). The SMILES string of the molecule is O=C(NCc1ccnc(OC(F)F)c1)NC1CC2[C@@H](C1)C2(F)F. The maximum absolute atomic E-state index is 13.1. The van der Waals surface area contributed by atoms with Crippen molar-refractivity contribution in [3.63, 3.8) is 0 Å². The van der Waals surface area contributed by atoms with Crippen molar-refractivity contribution < 1.29 is 27.1 Å². The molecule has 2 aliphatic rings. The summed E-state index contributed by atoms with van der Waals surface area (Å²) >= 11 is 0. The Balaban J connectivity index is 1.43. The van der Waals surface area contributed by atoms with E-state index in [4.69, 9.17) is 0 Å². The van der Waals surface area contributed by atoms with Crippen molar-refractivity contribution in [2.24, 2.45) is 11.8 Å². The molecule has 1 aromatic heterocycles. The highest BCUT2D eigenvalue weighted by Crippen LogP contribution is 2.63. The van der Waals surface area contributed by atoms with Gasteiger partial charge < -0.3 is 15.4 Å². The fraction of sp³-hybridized carbons (Fsp3) is 0.571. The summed E-state index contributed by atoms with van der Waals surface area (Å²) in [5, 5.41) is 5.19. The Morgan fingerprint density at radius 1 is 1.39 bits per heavy atom. The monoisotopic (exact) mass is 333 g/mol. The summed E-state index contributed by atoms with van der Waals surface area (Å²) in [7, 11) is 0. The molecule has 0 aliphatic heterocycles. The van der Waals surface area contributed by atoms with E-state index in [9.17, 15) is 22.4 Å². The number of fused-ring (bicyclic) bond motifs is 1. The molecule has 5 nitrogen and oxygen atoms in total. The quantitative estimate of drug-likeness (QED) is 0.814. The highest BCUT2D eigenvalue weighted by Gasteiger charge is 2.71. The average Bonchev–Trinajstić information content (AvgIpc) is 2.84. The summed E-state index contributed by atoms with van der Waals surface area (Å²) in [6.45, 7) is -2.88. The largest absolute Gasteiger partial charge is 0.417 e. The van der Waals surface area contributed by atoms with E-state index in [-0.39, 0.29) is 31.3 Å². The fourth-order valence-electron chi connectivity index (χ4n) is 3.07. The van der Waals surface area contributed by atoms with Gasteiger partial charge in [0, 0.05) is 36.7 Å². The van der Waals surface area contributed by atoms with Gasteiger partial charge in [0.2, 0.25) is 5.88 Å². The number of urea groups is 1. The summed E-state index contributed by atoms with van der Waals surface area (Å²) in [5.41, 5.74) is 0.534. The van der Waals surface area contributed by atoms with Crippen molar-refractivity contribution in [3.8, 4) is 5.88 Å². The molecule has 126 valence electrons. The van der Waals surface area contributed by atoms with E-state index in [1.165, 1.54) is 12.3 Å². The van der Waals surface area contributed by atoms with E-state index >= 15 is 0 Å². The molecule has 2 fully saturated rings. The molecule has 3 atom stereocenters. The molecule has 2 aliphatic carbocycles. The first kappa shape index (κ1) is 15.8. The summed E-state index contributed by atoms with van der Waals surface area (Å²) in [6.07, 6.45) is 1.86. The topological polar surface area (TPSA) is 63.2 Å². The minimum atomic E-state index is -2.97. The minimum Gasteiger partial charge on any atom is -0.417 e. The van der Waals surface area contributed by atoms with Crippen molar-refractivity contribution in [3.05, 3.63) is 23.9 Å². The van der Waals surface area contributed by atoms with Crippen LogP contribution in [-0.2, 0) is 6.54 Å². The second-order valence-corrected chi connectivity index (χ2v) is 5.76. The van der Waals surface area contributed by atoms with E-state index in [0.29, 0.717) is 5.56 Å². The van der Waals surface area contributed by atoms with Crippen LogP contribution in [-0.4, -0.2) is 29.6 Å². The number of halogens is 4. The maximum atomic E-state index is 13.1. The van der Waals surface area contributed by atoms with Gasteiger partial charge in [-0.05, 0) is 24.5 Å². The van der Waals surface area contributed by atoms with Crippen LogP contribution in [0.5, 0.6) is 5.88 Å². The number of aromatic nitrogens is 1. The van der Waals surface area contributed by atoms with E-state index < -0.39 is 30.4 Å². The van der Waals surface area contributed by atoms with Crippen molar-refractivity contribution >= 4 is 6.03 Å². The second kappa shape index (κ2) is 5.86. The van der Waals surface area contributed by atoms with Crippen LogP contribution in [0.2, 0.25) is 0 Å². The molecule has 2 amide bonds. The van der Waals surface area contributed by atoms with E-state index in [1.54, 1.807) is 6.07 Å². The molecule has 0 bridgehead atoms. The van der Waals surface area contributed by atoms with Crippen molar-refractivity contribution in [2.45, 2.75) is 38.0 Å². The van der Waals surface area contributed by atoms with Gasteiger partial charge in [-0.1, -0.05) is 0 Å². The highest BCUT2D eigenvalue weighted by molar-refractivity contribution is 5.74. The van der Waals surface area contributed by atoms with Gasteiger partial charge in [0.1, 0.15) is 0 Å². The van der Waals surface area contributed by atoms with Gasteiger partial charge in [-0.25, -0.2) is 18.6 Å². The van der Waals surface area contributed by atoms with Crippen molar-refractivity contribution in [1.82, 2.24) is 15.6 Å². The summed E-state index contributed by atoms with van der Waals surface area (Å²) in [5.74, 6) is -4.02. The number of hydrogen-bond donors (Lipinski definition) is 2. The van der Waals surface area contributed by atoms with Gasteiger partial charge in [0.05, 0.1) is 0 Å². The molecule has 0 saturated heterocycles. The standard InChI is InChI=1S/C14H15F4N3O2/c15-12(16)23-11-3-7(1-2-19-11)6-20-13(22)21-8-4-9-10(5-8)14(9,17)18/h1-3,8-10,12H,4-6H2,(H2,20,21,22)/t8?,9-,10?/m1/s1. The Kier molecular flexibility index (Phi) is 4.03. The number of carbonyl (C=O) groups is 1. The van der Waals surface area contributed by atoms with Gasteiger partial charge in [0.15, 0.2) is 0 Å². The number of nitrogens with zero attached hydrogens (tertiary/aromatic N) is 1. The number of amides is 2. The number of alkyl halides is 4. The summed E-state index contributed by atoms with van der Waals surface area (Å²) in [6, 6.07) is 2.11. The number of ether oxygens (including phenoxy) is 1. The van der Waals surface area contributed by atoms with E-state index in [1.807, 2.05) is 0 Å². The zero-order valence-corrected chi connectivity index (χ0v) is 11.9. The first-order chi connectivity index (χ1) is 10.9. The Hall–Kier alpha value is -2.06. The highest BCUT2D eigenvalue weighted by atomic mass is 19.3. The molecule has 2 saturated carbocycles. The third-order valence-electron chi connectivity index (χ3n) is 4.24. The molecule has 0 aromatic carbocycles. The molecular formula is C14H15F4N3O2. The van der Waals surface area contributed by atoms with Crippen LogP contribution in [0.25, 0.3) is 0 Å². The van der Waals surface area contributed by atoms with E-state index in [2.05, 4.69) is 20.4 Å².